The number of rotatable bonds is 3. The van der Waals surface area contributed by atoms with E-state index in [1.165, 1.54) is 0 Å². The highest BCUT2D eigenvalue weighted by Gasteiger charge is 2.43. The molecule has 2 bridgehead atoms. The first-order valence-electron chi connectivity index (χ1n) is 10.1. The number of carbonyl (C=O) groups excluding carboxylic acids is 1. The molecule has 8 heteroatoms. The van der Waals surface area contributed by atoms with Crippen LogP contribution in [0.2, 0.25) is 0 Å². The lowest BCUT2D eigenvalue weighted by Gasteiger charge is -2.36. The average Bonchev–Trinajstić information content (AvgIpc) is 3.23. The first kappa shape index (κ1) is 18.0. The predicted molar refractivity (Wildman–Crippen MR) is 106 cm³/mol. The number of thiazole rings is 1. The number of hydrogen-bond donors (Lipinski definition) is 1. The van der Waals surface area contributed by atoms with Gasteiger partial charge >= 0.3 is 0 Å². The maximum Gasteiger partial charge on any atom is 0.229 e. The lowest BCUT2D eigenvalue weighted by Crippen LogP contribution is -2.44. The molecule has 3 aliphatic rings. The molecule has 2 aromatic heterocycles. The summed E-state index contributed by atoms with van der Waals surface area (Å²) in [5.74, 6) is 0.876. The lowest BCUT2D eigenvalue weighted by atomic mass is 9.98. The van der Waals surface area contributed by atoms with Crippen LogP contribution in [-0.4, -0.2) is 56.1 Å². The summed E-state index contributed by atoms with van der Waals surface area (Å²) in [6, 6.07) is 0.307. The molecule has 5 heterocycles. The molecule has 2 saturated heterocycles. The van der Waals surface area contributed by atoms with Gasteiger partial charge in [0.15, 0.2) is 0 Å². The summed E-state index contributed by atoms with van der Waals surface area (Å²) in [6.45, 7) is 3.46. The van der Waals surface area contributed by atoms with Gasteiger partial charge in [-0.15, -0.1) is 11.3 Å². The van der Waals surface area contributed by atoms with Gasteiger partial charge in [-0.1, -0.05) is 0 Å². The molecule has 0 radical (unpaired) electrons. The van der Waals surface area contributed by atoms with Crippen molar-refractivity contribution < 1.29 is 9.90 Å². The third-order valence-electron chi connectivity index (χ3n) is 6.14. The highest BCUT2D eigenvalue weighted by molar-refractivity contribution is 7.09. The van der Waals surface area contributed by atoms with Gasteiger partial charge in [-0.05, 0) is 32.6 Å². The molecule has 3 aliphatic heterocycles. The first-order valence-corrected chi connectivity index (χ1v) is 11.0. The van der Waals surface area contributed by atoms with Crippen molar-refractivity contribution in [2.24, 2.45) is 0 Å². The molecule has 0 spiro atoms. The second-order valence-corrected chi connectivity index (χ2v) is 9.16. The first-order chi connectivity index (χ1) is 13.6. The number of hydrogen-bond acceptors (Lipinski definition) is 7. The Bertz CT molecular complexity index is 900. The molecule has 148 valence electrons. The number of carbonyl (C=O) groups is 1. The summed E-state index contributed by atoms with van der Waals surface area (Å²) in [5, 5.41) is 12.9. The van der Waals surface area contributed by atoms with Gasteiger partial charge in [-0.2, -0.15) is 0 Å². The monoisotopic (exact) mass is 399 g/mol. The molecule has 2 aromatic rings. The molecule has 0 aromatic carbocycles. The summed E-state index contributed by atoms with van der Waals surface area (Å²) in [6.07, 6.45) is 6.58. The molecule has 5 rings (SSSR count). The Morgan fingerprint density at radius 3 is 3.00 bits per heavy atom. The fraction of sp³-hybridized carbons (Fsp3) is 0.600. The third kappa shape index (κ3) is 3.18. The second kappa shape index (κ2) is 7.08. The summed E-state index contributed by atoms with van der Waals surface area (Å²) < 4.78 is 0. The summed E-state index contributed by atoms with van der Waals surface area (Å²) >= 11 is 1.59. The van der Waals surface area contributed by atoms with Crippen LogP contribution in [0, 0.1) is 6.92 Å². The highest BCUT2D eigenvalue weighted by Crippen LogP contribution is 2.43. The summed E-state index contributed by atoms with van der Waals surface area (Å²) in [4.78, 5) is 31.1. The van der Waals surface area contributed by atoms with Gasteiger partial charge < -0.3 is 14.9 Å². The van der Waals surface area contributed by atoms with Crippen molar-refractivity contribution >= 4 is 23.2 Å². The van der Waals surface area contributed by atoms with Gasteiger partial charge in [-0.25, -0.2) is 15.0 Å². The number of piperidine rings is 1. The molecule has 28 heavy (non-hydrogen) atoms. The average molecular weight is 400 g/mol. The highest BCUT2D eigenvalue weighted by atomic mass is 32.1. The number of anilines is 1. The maximum absolute atomic E-state index is 13.0. The van der Waals surface area contributed by atoms with Crippen LogP contribution < -0.4 is 4.90 Å². The van der Waals surface area contributed by atoms with Gasteiger partial charge in [0.25, 0.3) is 0 Å². The molecule has 0 saturated carbocycles. The molecule has 3 atom stereocenters. The van der Waals surface area contributed by atoms with Crippen LogP contribution in [0.3, 0.4) is 0 Å². The minimum absolute atomic E-state index is 0.0852. The zero-order valence-electron chi connectivity index (χ0n) is 16.0. The smallest absolute Gasteiger partial charge is 0.229 e. The second-order valence-electron chi connectivity index (χ2n) is 8.10. The number of aliphatic hydroxyl groups excluding tert-OH is 1. The number of aliphatic hydroxyl groups is 1. The third-order valence-corrected chi connectivity index (χ3v) is 6.97. The van der Waals surface area contributed by atoms with E-state index in [2.05, 4.69) is 19.8 Å². The van der Waals surface area contributed by atoms with Crippen LogP contribution in [0.25, 0.3) is 0 Å². The van der Waals surface area contributed by atoms with E-state index >= 15 is 0 Å². The van der Waals surface area contributed by atoms with Gasteiger partial charge in [-0.3, -0.25) is 4.79 Å². The topological polar surface area (TPSA) is 82.5 Å². The molecule has 0 unspecified atom stereocenters. The van der Waals surface area contributed by atoms with E-state index in [0.717, 1.165) is 66.6 Å². The fourth-order valence-corrected chi connectivity index (χ4v) is 5.48. The van der Waals surface area contributed by atoms with Crippen LogP contribution in [0.15, 0.2) is 11.6 Å². The zero-order valence-corrected chi connectivity index (χ0v) is 16.9. The molecule has 1 N–H and O–H groups in total. The normalized spacial score (nSPS) is 26.4. The van der Waals surface area contributed by atoms with Crippen LogP contribution in [0.5, 0.6) is 0 Å². The van der Waals surface area contributed by atoms with Crippen molar-refractivity contribution in [3.63, 3.8) is 0 Å². The number of fused-ring (bicyclic) bond motifs is 4. The summed E-state index contributed by atoms with van der Waals surface area (Å²) in [7, 11) is 0. The van der Waals surface area contributed by atoms with Crippen molar-refractivity contribution in [2.75, 3.05) is 18.0 Å². The van der Waals surface area contributed by atoms with Crippen molar-refractivity contribution in [3.8, 4) is 0 Å². The Morgan fingerprint density at radius 1 is 1.32 bits per heavy atom. The fourth-order valence-electron chi connectivity index (χ4n) is 4.87. The van der Waals surface area contributed by atoms with Gasteiger partial charge in [0.1, 0.15) is 0 Å². The van der Waals surface area contributed by atoms with Crippen LogP contribution in [0.1, 0.15) is 53.7 Å². The Hall–Kier alpha value is -2.06. The van der Waals surface area contributed by atoms with Crippen molar-refractivity contribution in [3.05, 3.63) is 33.5 Å². The Morgan fingerprint density at radius 2 is 2.21 bits per heavy atom. The number of amides is 1. The van der Waals surface area contributed by atoms with Crippen molar-refractivity contribution in [2.45, 2.75) is 63.6 Å². The molecule has 1 amide bonds. The molecule has 7 nitrogen and oxygen atoms in total. The number of nitrogens with zero attached hydrogens (tertiary/aromatic N) is 5. The van der Waals surface area contributed by atoms with Gasteiger partial charge in [0, 0.05) is 42.7 Å². The molecular weight excluding hydrogens is 374 g/mol. The molecule has 2 fully saturated rings. The van der Waals surface area contributed by atoms with Crippen LogP contribution in [-0.2, 0) is 17.6 Å². The van der Waals surface area contributed by atoms with E-state index in [1.807, 2.05) is 18.5 Å². The van der Waals surface area contributed by atoms with E-state index in [9.17, 15) is 9.90 Å². The minimum Gasteiger partial charge on any atom is -0.391 e. The molecule has 0 aliphatic carbocycles. The number of β-amino-alcohol motifs (C(OH)–C–C–N with tert-alkyl or cyclic N) is 1. The van der Waals surface area contributed by atoms with Crippen LogP contribution in [0.4, 0.5) is 5.95 Å². The van der Waals surface area contributed by atoms with E-state index in [0.29, 0.717) is 13.0 Å². The minimum atomic E-state index is -0.299. The van der Waals surface area contributed by atoms with E-state index < -0.39 is 0 Å². The Labute approximate surface area is 168 Å². The van der Waals surface area contributed by atoms with E-state index in [1.54, 1.807) is 11.3 Å². The maximum atomic E-state index is 13.0. The van der Waals surface area contributed by atoms with Gasteiger partial charge in [0.05, 0.1) is 35.0 Å². The van der Waals surface area contributed by atoms with Crippen molar-refractivity contribution in [1.82, 2.24) is 19.9 Å². The van der Waals surface area contributed by atoms with E-state index in [4.69, 9.17) is 4.98 Å². The Balaban J connectivity index is 1.37. The van der Waals surface area contributed by atoms with Crippen LogP contribution >= 0.6 is 11.3 Å². The standard InChI is InChI=1S/C20H25N5O2S/c1-12-22-13(11-28-12)7-19(27)25-14-4-5-18(25)16-9-21-20(23-17(16)8-14)24-6-2-3-15(26)10-24/h9,11,14-15,18,26H,2-8,10H2,1H3/t14-,15+,18-/m0/s1. The van der Waals surface area contributed by atoms with Crippen molar-refractivity contribution in [1.29, 1.82) is 0 Å². The number of aryl methyl sites for hydroxylation is 1. The van der Waals surface area contributed by atoms with E-state index in [-0.39, 0.29) is 24.1 Å². The Kier molecular flexibility index (Phi) is 4.55. The van der Waals surface area contributed by atoms with Gasteiger partial charge in [0.2, 0.25) is 11.9 Å². The summed E-state index contributed by atoms with van der Waals surface area (Å²) in [5.41, 5.74) is 3.04. The quantitative estimate of drug-likeness (QED) is 0.850. The zero-order chi connectivity index (χ0) is 19.3. The largest absolute Gasteiger partial charge is 0.391 e. The number of aromatic nitrogens is 3. The predicted octanol–water partition coefficient (Wildman–Crippen LogP) is 2.03. The lowest BCUT2D eigenvalue weighted by molar-refractivity contribution is -0.134. The molecular formula is C20H25N5O2S. The SMILES string of the molecule is Cc1nc(CC(=O)N2[C@H]3CC[C@H]2c2cnc(N4CCC[C@@H](O)C4)nc2C3)cs1.